The number of rotatable bonds is 21. The van der Waals surface area contributed by atoms with Gasteiger partial charge in [-0.1, -0.05) is 95.1 Å². The van der Waals surface area contributed by atoms with E-state index in [-0.39, 0.29) is 18.2 Å². The summed E-state index contributed by atoms with van der Waals surface area (Å²) >= 11 is 0. The van der Waals surface area contributed by atoms with Gasteiger partial charge in [0.1, 0.15) is 6.10 Å². The molecule has 1 atom stereocenters. The smallest absolute Gasteiger partial charge is 0.198 e. The third-order valence-electron chi connectivity index (χ3n) is 5.86. The van der Waals surface area contributed by atoms with Crippen LogP contribution >= 0.6 is 8.09 Å². The highest BCUT2D eigenvalue weighted by Gasteiger charge is 2.50. The van der Waals surface area contributed by atoms with Gasteiger partial charge >= 0.3 is 8.09 Å². The second-order valence-corrected chi connectivity index (χ2v) is 11.2. The molecule has 31 heavy (non-hydrogen) atoms. The molecule has 6 heteroatoms. The molecule has 0 amide bonds. The number of unbranched alkanes of at least 4 members (excludes halogenated alkanes) is 12. The largest absolute Gasteiger partial charge is 0.499 e. The topological polar surface area (TPSA) is 76.7 Å². The SMILES string of the molecule is CCCCCCCCCCCCCCCC(CCC#N)O[P+](O)(O)N(C(C)C)C(C)C. The molecule has 0 aromatic carbocycles. The highest BCUT2D eigenvalue weighted by Crippen LogP contribution is 2.58. The lowest BCUT2D eigenvalue weighted by Gasteiger charge is -2.31. The molecule has 0 aliphatic rings. The molecule has 0 saturated heterocycles. The van der Waals surface area contributed by atoms with Gasteiger partial charge in [0.25, 0.3) is 0 Å². The van der Waals surface area contributed by atoms with Gasteiger partial charge in [-0.3, -0.25) is 0 Å². The maximum Gasteiger partial charge on any atom is 0.499 e. The average molecular weight is 460 g/mol. The maximum absolute atomic E-state index is 10.7. The van der Waals surface area contributed by atoms with Gasteiger partial charge < -0.3 is 0 Å². The number of hydrogen-bond acceptors (Lipinski definition) is 5. The van der Waals surface area contributed by atoms with E-state index in [4.69, 9.17) is 9.79 Å². The second kappa shape index (κ2) is 19.2. The van der Waals surface area contributed by atoms with Gasteiger partial charge in [0.2, 0.25) is 0 Å². The Bertz CT molecular complexity index is 445. The van der Waals surface area contributed by atoms with Gasteiger partial charge in [0.15, 0.2) is 0 Å². The van der Waals surface area contributed by atoms with Gasteiger partial charge in [-0.15, -0.1) is 0 Å². The van der Waals surface area contributed by atoms with Crippen molar-refractivity contribution in [2.45, 2.75) is 156 Å². The fourth-order valence-electron chi connectivity index (χ4n) is 4.32. The van der Waals surface area contributed by atoms with Gasteiger partial charge in [0, 0.05) is 18.5 Å². The van der Waals surface area contributed by atoms with E-state index < -0.39 is 8.09 Å². The molecular formula is C25H52N2O3P+. The quantitative estimate of drug-likeness (QED) is 0.135. The van der Waals surface area contributed by atoms with Crippen molar-refractivity contribution >= 4 is 8.09 Å². The molecule has 5 nitrogen and oxygen atoms in total. The van der Waals surface area contributed by atoms with E-state index in [1.807, 2.05) is 27.7 Å². The molecule has 0 fully saturated rings. The van der Waals surface area contributed by atoms with Gasteiger partial charge in [-0.25, -0.2) is 0 Å². The third-order valence-corrected chi connectivity index (χ3v) is 7.96. The van der Waals surface area contributed by atoms with Crippen LogP contribution in [0.5, 0.6) is 0 Å². The summed E-state index contributed by atoms with van der Waals surface area (Å²) in [6.07, 6.45) is 18.5. The molecule has 184 valence electrons. The zero-order valence-corrected chi connectivity index (χ0v) is 22.1. The van der Waals surface area contributed by atoms with Crippen molar-refractivity contribution in [2.75, 3.05) is 0 Å². The zero-order valence-electron chi connectivity index (χ0n) is 21.2. The zero-order chi connectivity index (χ0) is 23.5. The molecule has 0 spiro atoms. The highest BCUT2D eigenvalue weighted by atomic mass is 31.2. The molecule has 0 aliphatic carbocycles. The van der Waals surface area contributed by atoms with Crippen molar-refractivity contribution in [2.24, 2.45) is 0 Å². The Hall–Kier alpha value is -0.240. The first-order valence-electron chi connectivity index (χ1n) is 12.9. The van der Waals surface area contributed by atoms with Crippen molar-refractivity contribution < 1.29 is 14.3 Å². The van der Waals surface area contributed by atoms with Crippen LogP contribution < -0.4 is 0 Å². The van der Waals surface area contributed by atoms with Crippen molar-refractivity contribution in [1.82, 2.24) is 4.67 Å². The molecule has 0 heterocycles. The fraction of sp³-hybridized carbons (Fsp3) is 0.960. The minimum Gasteiger partial charge on any atom is -0.198 e. The van der Waals surface area contributed by atoms with Crippen molar-refractivity contribution in [3.8, 4) is 6.07 Å². The summed E-state index contributed by atoms with van der Waals surface area (Å²) in [5.41, 5.74) is 0. The van der Waals surface area contributed by atoms with Gasteiger partial charge in [0.05, 0.1) is 6.07 Å². The number of nitrogens with zero attached hydrogens (tertiary/aromatic N) is 2. The van der Waals surface area contributed by atoms with Crippen LogP contribution in [0.4, 0.5) is 0 Å². The monoisotopic (exact) mass is 459 g/mol. The first kappa shape index (κ1) is 30.8. The Morgan fingerprint density at radius 1 is 0.742 bits per heavy atom. The van der Waals surface area contributed by atoms with E-state index in [1.165, 1.54) is 70.6 Å². The lowest BCUT2D eigenvalue weighted by atomic mass is 10.0. The van der Waals surface area contributed by atoms with E-state index in [9.17, 15) is 9.79 Å². The standard InChI is InChI=1S/C25H52N2O3P/c1-6-7-8-9-10-11-12-13-14-15-16-17-18-20-25(21-19-22-26)30-31(28,29)27(23(2)3)24(4)5/h23-25,28-29H,6-21H2,1-5H3/q+1. The Morgan fingerprint density at radius 2 is 1.16 bits per heavy atom. The predicted molar refractivity (Wildman–Crippen MR) is 134 cm³/mol. The Balaban J connectivity index is 4.08. The van der Waals surface area contributed by atoms with E-state index in [0.717, 1.165) is 19.3 Å². The second-order valence-electron chi connectivity index (χ2n) is 9.54. The normalized spacial score (nSPS) is 13.3. The van der Waals surface area contributed by atoms with Crippen LogP contribution in [0.2, 0.25) is 0 Å². The Kier molecular flexibility index (Phi) is 19.1. The summed E-state index contributed by atoms with van der Waals surface area (Å²) in [6, 6.07) is 2.13. The summed E-state index contributed by atoms with van der Waals surface area (Å²) in [5.74, 6) is 0. The van der Waals surface area contributed by atoms with E-state index in [2.05, 4.69) is 13.0 Å². The summed E-state index contributed by atoms with van der Waals surface area (Å²) < 4.78 is 7.49. The molecule has 1 unspecified atom stereocenters. The lowest BCUT2D eigenvalue weighted by molar-refractivity contribution is 0.0843. The van der Waals surface area contributed by atoms with Crippen LogP contribution in [0, 0.1) is 11.3 Å². The number of nitriles is 1. The van der Waals surface area contributed by atoms with Crippen LogP contribution in [0.3, 0.4) is 0 Å². The lowest BCUT2D eigenvalue weighted by Crippen LogP contribution is -2.38. The molecule has 0 aromatic rings. The van der Waals surface area contributed by atoms with Crippen LogP contribution in [-0.2, 0) is 4.52 Å². The van der Waals surface area contributed by atoms with Crippen molar-refractivity contribution in [3.05, 3.63) is 0 Å². The predicted octanol–water partition coefficient (Wildman–Crippen LogP) is 7.94. The van der Waals surface area contributed by atoms with Crippen molar-refractivity contribution in [3.63, 3.8) is 0 Å². The van der Waals surface area contributed by atoms with E-state index in [0.29, 0.717) is 12.8 Å². The van der Waals surface area contributed by atoms with Gasteiger partial charge in [-0.05, 0) is 40.5 Å². The van der Waals surface area contributed by atoms with Gasteiger partial charge in [-0.2, -0.15) is 19.6 Å². The van der Waals surface area contributed by atoms with Crippen LogP contribution in [0.25, 0.3) is 0 Å². The molecule has 0 rings (SSSR count). The molecule has 0 saturated carbocycles. The summed E-state index contributed by atoms with van der Waals surface area (Å²) in [4.78, 5) is 21.4. The molecule has 0 aliphatic heterocycles. The maximum atomic E-state index is 10.7. The van der Waals surface area contributed by atoms with Crippen LogP contribution in [0.15, 0.2) is 0 Å². The molecule has 0 aromatic heterocycles. The molecule has 0 radical (unpaired) electrons. The average Bonchev–Trinajstić information content (AvgIpc) is 2.68. The highest BCUT2D eigenvalue weighted by molar-refractivity contribution is 7.57. The minimum absolute atomic E-state index is 0.0173. The molecular weight excluding hydrogens is 407 g/mol. The molecule has 0 bridgehead atoms. The first-order valence-corrected chi connectivity index (χ1v) is 14.5. The Labute approximate surface area is 194 Å². The fourth-order valence-corrected chi connectivity index (χ4v) is 6.24. The van der Waals surface area contributed by atoms with E-state index >= 15 is 0 Å². The first-order chi connectivity index (χ1) is 14.8. The summed E-state index contributed by atoms with van der Waals surface area (Å²) in [5, 5.41) is 8.95. The number of hydrogen-bond donors (Lipinski definition) is 2. The summed E-state index contributed by atoms with van der Waals surface area (Å²) in [7, 11) is -3.62. The summed E-state index contributed by atoms with van der Waals surface area (Å²) in [6.45, 7) is 10.0. The molecule has 2 N–H and O–H groups in total. The van der Waals surface area contributed by atoms with Crippen LogP contribution in [-0.4, -0.2) is 32.6 Å². The van der Waals surface area contributed by atoms with E-state index in [1.54, 1.807) is 4.67 Å². The third kappa shape index (κ3) is 16.1. The van der Waals surface area contributed by atoms with Crippen molar-refractivity contribution in [1.29, 1.82) is 5.26 Å². The minimum atomic E-state index is -3.62. The van der Waals surface area contributed by atoms with Crippen LogP contribution in [0.1, 0.15) is 137 Å². The Morgan fingerprint density at radius 3 is 1.55 bits per heavy atom.